The van der Waals surface area contributed by atoms with Crippen molar-refractivity contribution < 1.29 is 9.59 Å². The molecule has 1 heterocycles. The fourth-order valence-electron chi connectivity index (χ4n) is 2.79. The fourth-order valence-corrected chi connectivity index (χ4v) is 2.79. The highest BCUT2D eigenvalue weighted by atomic mass is 16.2. The van der Waals surface area contributed by atoms with Crippen molar-refractivity contribution in [1.29, 1.82) is 0 Å². The molecular formula is C17H18N4O3. The predicted molar refractivity (Wildman–Crippen MR) is 87.6 cm³/mol. The van der Waals surface area contributed by atoms with Gasteiger partial charge in [0.15, 0.2) is 0 Å². The third kappa shape index (κ3) is 3.87. The molecule has 7 nitrogen and oxygen atoms in total. The first-order valence-corrected chi connectivity index (χ1v) is 7.82. The third-order valence-corrected chi connectivity index (χ3v) is 3.98. The van der Waals surface area contributed by atoms with Crippen LogP contribution in [-0.2, 0) is 17.6 Å². The van der Waals surface area contributed by atoms with Gasteiger partial charge in [0, 0.05) is 17.7 Å². The zero-order chi connectivity index (χ0) is 16.9. The molecule has 7 heteroatoms. The van der Waals surface area contributed by atoms with Crippen LogP contribution in [0.25, 0.3) is 0 Å². The summed E-state index contributed by atoms with van der Waals surface area (Å²) in [5.41, 5.74) is 2.01. The average Bonchev–Trinajstić information content (AvgIpc) is 2.60. The molecule has 0 radical (unpaired) electrons. The molecule has 0 spiro atoms. The SMILES string of the molecule is O=C(CNC(=O)c1ccccc1)NC1CCc2n[nH]c(=O)cc2C1. The topological polar surface area (TPSA) is 104 Å². The van der Waals surface area contributed by atoms with Crippen molar-refractivity contribution in [2.45, 2.75) is 25.3 Å². The average molecular weight is 326 g/mol. The van der Waals surface area contributed by atoms with Gasteiger partial charge in [0.2, 0.25) is 5.91 Å². The largest absolute Gasteiger partial charge is 0.351 e. The normalized spacial score (nSPS) is 16.1. The van der Waals surface area contributed by atoms with Crippen LogP contribution >= 0.6 is 0 Å². The van der Waals surface area contributed by atoms with E-state index in [-0.39, 0.29) is 30.0 Å². The minimum absolute atomic E-state index is 0.0535. The lowest BCUT2D eigenvalue weighted by molar-refractivity contribution is -0.120. The Labute approximate surface area is 138 Å². The number of aromatic amines is 1. The van der Waals surface area contributed by atoms with Crippen LogP contribution in [0.1, 0.15) is 28.0 Å². The van der Waals surface area contributed by atoms with Crippen molar-refractivity contribution in [2.75, 3.05) is 6.54 Å². The molecule has 2 amide bonds. The third-order valence-electron chi connectivity index (χ3n) is 3.98. The number of benzene rings is 1. The molecule has 0 saturated heterocycles. The summed E-state index contributed by atoms with van der Waals surface area (Å²) in [7, 11) is 0. The maximum atomic E-state index is 12.0. The molecule has 0 bridgehead atoms. The molecule has 1 aliphatic carbocycles. The molecular weight excluding hydrogens is 308 g/mol. The Morgan fingerprint density at radius 1 is 1.25 bits per heavy atom. The van der Waals surface area contributed by atoms with Crippen molar-refractivity contribution in [3.05, 3.63) is 63.6 Å². The van der Waals surface area contributed by atoms with Crippen LogP contribution < -0.4 is 16.2 Å². The first kappa shape index (κ1) is 15.9. The molecule has 24 heavy (non-hydrogen) atoms. The van der Waals surface area contributed by atoms with Gasteiger partial charge in [-0.25, -0.2) is 5.10 Å². The molecule has 1 aliphatic rings. The Kier molecular flexibility index (Phi) is 4.69. The van der Waals surface area contributed by atoms with Crippen molar-refractivity contribution >= 4 is 11.8 Å². The number of fused-ring (bicyclic) bond motifs is 1. The first-order valence-electron chi connectivity index (χ1n) is 7.82. The summed E-state index contributed by atoms with van der Waals surface area (Å²) < 4.78 is 0. The fraction of sp³-hybridized carbons (Fsp3) is 0.294. The van der Waals surface area contributed by atoms with E-state index in [4.69, 9.17) is 0 Å². The molecule has 1 unspecified atom stereocenters. The quantitative estimate of drug-likeness (QED) is 0.745. The van der Waals surface area contributed by atoms with Crippen LogP contribution in [0.3, 0.4) is 0 Å². The number of nitrogens with one attached hydrogen (secondary N) is 3. The van der Waals surface area contributed by atoms with Gasteiger partial charge in [-0.1, -0.05) is 18.2 Å². The highest BCUT2D eigenvalue weighted by molar-refractivity contribution is 5.96. The van der Waals surface area contributed by atoms with Gasteiger partial charge in [0.05, 0.1) is 12.2 Å². The van der Waals surface area contributed by atoms with E-state index in [2.05, 4.69) is 20.8 Å². The molecule has 1 atom stereocenters. The Morgan fingerprint density at radius 3 is 2.83 bits per heavy atom. The van der Waals surface area contributed by atoms with Crippen molar-refractivity contribution in [1.82, 2.24) is 20.8 Å². The van der Waals surface area contributed by atoms with Gasteiger partial charge in [0.1, 0.15) is 0 Å². The molecule has 124 valence electrons. The number of hydrogen-bond donors (Lipinski definition) is 3. The summed E-state index contributed by atoms with van der Waals surface area (Å²) in [5, 5.41) is 11.9. The van der Waals surface area contributed by atoms with Gasteiger partial charge in [-0.05, 0) is 37.0 Å². The number of aromatic nitrogens is 2. The van der Waals surface area contributed by atoms with Crippen LogP contribution in [0.5, 0.6) is 0 Å². The number of amides is 2. The van der Waals surface area contributed by atoms with Crippen LogP contribution in [-0.4, -0.2) is 34.6 Å². The summed E-state index contributed by atoms with van der Waals surface area (Å²) in [6.45, 7) is -0.0787. The van der Waals surface area contributed by atoms with E-state index >= 15 is 0 Å². The van der Waals surface area contributed by atoms with Gasteiger partial charge in [-0.2, -0.15) is 5.10 Å². The van der Waals surface area contributed by atoms with Crippen molar-refractivity contribution in [2.24, 2.45) is 0 Å². The second-order valence-corrected chi connectivity index (χ2v) is 5.76. The molecule has 0 fully saturated rings. The molecule has 1 aromatic carbocycles. The van der Waals surface area contributed by atoms with E-state index in [0.29, 0.717) is 18.4 Å². The summed E-state index contributed by atoms with van der Waals surface area (Å²) in [4.78, 5) is 35.3. The van der Waals surface area contributed by atoms with Crippen LogP contribution in [0.15, 0.2) is 41.2 Å². The summed E-state index contributed by atoms with van der Waals surface area (Å²) >= 11 is 0. The standard InChI is InChI=1S/C17H18N4O3/c22-15-9-12-8-13(6-7-14(12)20-21-15)19-16(23)10-18-17(24)11-4-2-1-3-5-11/h1-5,9,13H,6-8,10H2,(H,18,24)(H,19,23)(H,21,22). The van der Waals surface area contributed by atoms with E-state index in [0.717, 1.165) is 17.7 Å². The number of nitrogens with zero attached hydrogens (tertiary/aromatic N) is 1. The summed E-state index contributed by atoms with van der Waals surface area (Å²) in [6, 6.07) is 10.2. The summed E-state index contributed by atoms with van der Waals surface area (Å²) in [5.74, 6) is -0.527. The van der Waals surface area contributed by atoms with Crippen molar-refractivity contribution in [3.63, 3.8) is 0 Å². The van der Waals surface area contributed by atoms with E-state index in [1.54, 1.807) is 24.3 Å². The smallest absolute Gasteiger partial charge is 0.264 e. The Hall–Kier alpha value is -2.96. The number of H-pyrrole nitrogens is 1. The Balaban J connectivity index is 1.51. The number of aryl methyl sites for hydroxylation is 1. The molecule has 3 N–H and O–H groups in total. The van der Waals surface area contributed by atoms with Gasteiger partial charge < -0.3 is 10.6 Å². The van der Waals surface area contributed by atoms with E-state index in [9.17, 15) is 14.4 Å². The Bertz CT molecular complexity index is 801. The molecule has 1 aromatic heterocycles. The second kappa shape index (κ2) is 7.08. The number of carbonyl (C=O) groups excluding carboxylic acids is 2. The Morgan fingerprint density at radius 2 is 2.04 bits per heavy atom. The molecule has 3 rings (SSSR count). The molecule has 0 saturated carbocycles. The molecule has 2 aromatic rings. The lowest BCUT2D eigenvalue weighted by atomic mass is 9.92. The zero-order valence-electron chi connectivity index (χ0n) is 13.0. The minimum Gasteiger partial charge on any atom is -0.351 e. The van der Waals surface area contributed by atoms with Crippen LogP contribution in [0.2, 0.25) is 0 Å². The first-order chi connectivity index (χ1) is 11.6. The highest BCUT2D eigenvalue weighted by Gasteiger charge is 2.21. The second-order valence-electron chi connectivity index (χ2n) is 5.76. The van der Waals surface area contributed by atoms with Crippen molar-refractivity contribution in [3.8, 4) is 0 Å². The lowest BCUT2D eigenvalue weighted by Crippen LogP contribution is -2.44. The van der Waals surface area contributed by atoms with E-state index in [1.807, 2.05) is 6.07 Å². The molecule has 0 aliphatic heterocycles. The summed E-state index contributed by atoms with van der Waals surface area (Å²) in [6.07, 6.45) is 2.03. The van der Waals surface area contributed by atoms with Crippen LogP contribution in [0, 0.1) is 0 Å². The van der Waals surface area contributed by atoms with E-state index < -0.39 is 0 Å². The maximum Gasteiger partial charge on any atom is 0.264 e. The zero-order valence-corrected chi connectivity index (χ0v) is 13.0. The van der Waals surface area contributed by atoms with Gasteiger partial charge in [0.25, 0.3) is 11.5 Å². The highest BCUT2D eigenvalue weighted by Crippen LogP contribution is 2.17. The monoisotopic (exact) mass is 326 g/mol. The van der Waals surface area contributed by atoms with E-state index in [1.165, 1.54) is 6.07 Å². The number of carbonyl (C=O) groups is 2. The number of rotatable bonds is 4. The predicted octanol–water partition coefficient (Wildman–Crippen LogP) is 0.173. The lowest BCUT2D eigenvalue weighted by Gasteiger charge is -2.24. The maximum absolute atomic E-state index is 12.0. The minimum atomic E-state index is -0.282. The van der Waals surface area contributed by atoms with Gasteiger partial charge in [-0.15, -0.1) is 0 Å². The van der Waals surface area contributed by atoms with Gasteiger partial charge in [-0.3, -0.25) is 14.4 Å². The van der Waals surface area contributed by atoms with Gasteiger partial charge >= 0.3 is 0 Å². The van der Waals surface area contributed by atoms with Crippen LogP contribution in [0.4, 0.5) is 0 Å². The number of hydrogen-bond acceptors (Lipinski definition) is 4.